The van der Waals surface area contributed by atoms with Crippen LogP contribution in [0.2, 0.25) is 5.15 Å². The van der Waals surface area contributed by atoms with Gasteiger partial charge >= 0.3 is 5.97 Å². The smallest absolute Gasteiger partial charge is 0.341 e. The maximum atomic E-state index is 11.8. The van der Waals surface area contributed by atoms with Crippen molar-refractivity contribution in [2.45, 2.75) is 6.92 Å². The number of ether oxygens (including phenoxy) is 1. The molecule has 2 aromatic rings. The molecular formula is C13H12ClN3O2. The molecule has 0 atom stereocenters. The van der Waals surface area contributed by atoms with E-state index in [4.69, 9.17) is 16.3 Å². The number of rotatable bonds is 4. The number of halogens is 1. The fourth-order valence-corrected chi connectivity index (χ4v) is 1.65. The Morgan fingerprint density at radius 3 is 3.00 bits per heavy atom. The molecule has 0 aliphatic rings. The molecule has 0 saturated carbocycles. The minimum Gasteiger partial charge on any atom is -0.462 e. The third-order valence-electron chi connectivity index (χ3n) is 2.31. The minimum absolute atomic E-state index is 0.291. The van der Waals surface area contributed by atoms with Gasteiger partial charge in [-0.15, -0.1) is 0 Å². The number of pyridine rings is 2. The molecule has 2 heterocycles. The lowest BCUT2D eigenvalue weighted by Gasteiger charge is -2.11. The quantitative estimate of drug-likeness (QED) is 0.687. The highest BCUT2D eigenvalue weighted by molar-refractivity contribution is 6.29. The molecule has 0 radical (unpaired) electrons. The second kappa shape index (κ2) is 6.15. The van der Waals surface area contributed by atoms with Crippen LogP contribution in [0.25, 0.3) is 0 Å². The van der Waals surface area contributed by atoms with Gasteiger partial charge < -0.3 is 10.1 Å². The Morgan fingerprint density at radius 1 is 1.47 bits per heavy atom. The maximum Gasteiger partial charge on any atom is 0.341 e. The highest BCUT2D eigenvalue weighted by Gasteiger charge is 2.14. The van der Waals surface area contributed by atoms with Crippen LogP contribution < -0.4 is 5.32 Å². The number of aromatic nitrogens is 2. The van der Waals surface area contributed by atoms with Gasteiger partial charge in [0, 0.05) is 12.4 Å². The van der Waals surface area contributed by atoms with E-state index in [2.05, 4.69) is 15.3 Å². The molecule has 5 nitrogen and oxygen atoms in total. The molecule has 0 aliphatic carbocycles. The van der Waals surface area contributed by atoms with Gasteiger partial charge in [-0.2, -0.15) is 0 Å². The average molecular weight is 278 g/mol. The third-order valence-corrected chi connectivity index (χ3v) is 2.51. The molecular weight excluding hydrogens is 266 g/mol. The molecule has 0 amide bonds. The van der Waals surface area contributed by atoms with Crippen LogP contribution in [0.1, 0.15) is 17.3 Å². The summed E-state index contributed by atoms with van der Waals surface area (Å²) in [6, 6.07) is 5.19. The number of esters is 1. The van der Waals surface area contributed by atoms with E-state index in [0.717, 1.165) is 5.69 Å². The second-order valence-corrected chi connectivity index (χ2v) is 4.03. The Hall–Kier alpha value is -2.14. The van der Waals surface area contributed by atoms with E-state index >= 15 is 0 Å². The largest absolute Gasteiger partial charge is 0.462 e. The lowest BCUT2D eigenvalue weighted by Crippen LogP contribution is -2.08. The Kier molecular flexibility index (Phi) is 4.30. The average Bonchev–Trinajstić information content (AvgIpc) is 2.40. The van der Waals surface area contributed by atoms with Crippen LogP contribution in [0.3, 0.4) is 0 Å². The van der Waals surface area contributed by atoms with Gasteiger partial charge in [-0.3, -0.25) is 4.98 Å². The van der Waals surface area contributed by atoms with Gasteiger partial charge in [0.15, 0.2) is 0 Å². The molecule has 0 unspecified atom stereocenters. The first-order valence-corrected chi connectivity index (χ1v) is 6.08. The van der Waals surface area contributed by atoms with Crippen molar-refractivity contribution in [3.05, 3.63) is 47.5 Å². The highest BCUT2D eigenvalue weighted by atomic mass is 35.5. The number of hydrogen-bond donors (Lipinski definition) is 1. The molecule has 19 heavy (non-hydrogen) atoms. The lowest BCUT2D eigenvalue weighted by atomic mass is 10.2. The Bertz CT molecular complexity index is 575. The summed E-state index contributed by atoms with van der Waals surface area (Å²) in [5, 5.41) is 3.36. The SMILES string of the molecule is CCOC(=O)c1cnc(Cl)cc1Nc1cccnc1. The van der Waals surface area contributed by atoms with E-state index in [9.17, 15) is 4.79 Å². The molecule has 0 spiro atoms. The molecule has 1 N–H and O–H groups in total. The number of hydrogen-bond acceptors (Lipinski definition) is 5. The third kappa shape index (κ3) is 3.42. The van der Waals surface area contributed by atoms with Gasteiger partial charge in [-0.1, -0.05) is 11.6 Å². The maximum absolute atomic E-state index is 11.8. The molecule has 0 fully saturated rings. The van der Waals surface area contributed by atoms with Crippen molar-refractivity contribution in [2.24, 2.45) is 0 Å². The summed E-state index contributed by atoms with van der Waals surface area (Å²) in [7, 11) is 0. The van der Waals surface area contributed by atoms with Gasteiger partial charge in [-0.05, 0) is 25.1 Å². The predicted octanol–water partition coefficient (Wildman–Crippen LogP) is 3.05. The number of anilines is 2. The van der Waals surface area contributed by atoms with Crippen LogP contribution in [0.4, 0.5) is 11.4 Å². The van der Waals surface area contributed by atoms with Crippen LogP contribution in [0.15, 0.2) is 36.8 Å². The topological polar surface area (TPSA) is 64.1 Å². The van der Waals surface area contributed by atoms with Crippen molar-refractivity contribution in [1.82, 2.24) is 9.97 Å². The van der Waals surface area contributed by atoms with Crippen LogP contribution in [0, 0.1) is 0 Å². The van der Waals surface area contributed by atoms with Crippen molar-refractivity contribution < 1.29 is 9.53 Å². The molecule has 0 bridgehead atoms. The van der Waals surface area contributed by atoms with Crippen LogP contribution in [-0.4, -0.2) is 22.5 Å². The molecule has 98 valence electrons. The van der Waals surface area contributed by atoms with Gasteiger partial charge in [-0.25, -0.2) is 9.78 Å². The zero-order valence-electron chi connectivity index (χ0n) is 10.3. The number of nitrogens with zero attached hydrogens (tertiary/aromatic N) is 2. The van der Waals surface area contributed by atoms with E-state index in [1.807, 2.05) is 6.07 Å². The van der Waals surface area contributed by atoms with Gasteiger partial charge in [0.1, 0.15) is 10.7 Å². The van der Waals surface area contributed by atoms with Crippen molar-refractivity contribution in [3.63, 3.8) is 0 Å². The monoisotopic (exact) mass is 277 g/mol. The fraction of sp³-hybridized carbons (Fsp3) is 0.154. The molecule has 2 rings (SSSR count). The summed E-state index contributed by atoms with van der Waals surface area (Å²) < 4.78 is 4.97. The first-order chi connectivity index (χ1) is 9.20. The molecule has 0 aliphatic heterocycles. The summed E-state index contributed by atoms with van der Waals surface area (Å²) >= 11 is 5.85. The van der Waals surface area contributed by atoms with Crippen LogP contribution in [0.5, 0.6) is 0 Å². The zero-order chi connectivity index (χ0) is 13.7. The number of carbonyl (C=O) groups excluding carboxylic acids is 1. The normalized spacial score (nSPS) is 10.0. The minimum atomic E-state index is -0.446. The summed E-state index contributed by atoms with van der Waals surface area (Å²) in [4.78, 5) is 19.7. The standard InChI is InChI=1S/C13H12ClN3O2/c1-2-19-13(18)10-8-16-12(14)6-11(10)17-9-4-3-5-15-7-9/h3-8H,2H2,1H3,(H,16,17). The van der Waals surface area contributed by atoms with E-state index in [1.165, 1.54) is 6.20 Å². The van der Waals surface area contributed by atoms with Gasteiger partial charge in [0.2, 0.25) is 0 Å². The van der Waals surface area contributed by atoms with Crippen molar-refractivity contribution >= 4 is 28.9 Å². The number of nitrogens with one attached hydrogen (secondary N) is 1. The Labute approximate surface area is 115 Å². The summed E-state index contributed by atoms with van der Waals surface area (Å²) in [6.07, 6.45) is 4.69. The number of carbonyl (C=O) groups is 1. The summed E-state index contributed by atoms with van der Waals surface area (Å²) in [5.74, 6) is -0.446. The van der Waals surface area contributed by atoms with E-state index in [1.54, 1.807) is 31.5 Å². The van der Waals surface area contributed by atoms with Gasteiger partial charge in [0.25, 0.3) is 0 Å². The summed E-state index contributed by atoms with van der Waals surface area (Å²) in [6.45, 7) is 2.04. The highest BCUT2D eigenvalue weighted by Crippen LogP contribution is 2.23. The molecule has 0 saturated heterocycles. The van der Waals surface area contributed by atoms with Crippen molar-refractivity contribution in [2.75, 3.05) is 11.9 Å². The fourth-order valence-electron chi connectivity index (χ4n) is 1.50. The second-order valence-electron chi connectivity index (χ2n) is 3.64. The lowest BCUT2D eigenvalue weighted by molar-refractivity contribution is 0.0527. The first-order valence-electron chi connectivity index (χ1n) is 5.70. The van der Waals surface area contributed by atoms with Crippen LogP contribution in [-0.2, 0) is 4.74 Å². The van der Waals surface area contributed by atoms with Gasteiger partial charge in [0.05, 0.1) is 24.2 Å². The molecule has 6 heteroatoms. The van der Waals surface area contributed by atoms with Crippen LogP contribution >= 0.6 is 11.6 Å². The molecule has 0 aromatic carbocycles. The Balaban J connectivity index is 2.32. The Morgan fingerprint density at radius 2 is 2.32 bits per heavy atom. The van der Waals surface area contributed by atoms with Crippen molar-refractivity contribution in [3.8, 4) is 0 Å². The van der Waals surface area contributed by atoms with E-state index in [0.29, 0.717) is 23.0 Å². The predicted molar refractivity (Wildman–Crippen MR) is 72.7 cm³/mol. The van der Waals surface area contributed by atoms with Crippen molar-refractivity contribution in [1.29, 1.82) is 0 Å². The zero-order valence-corrected chi connectivity index (χ0v) is 11.0. The van der Waals surface area contributed by atoms with E-state index in [-0.39, 0.29) is 0 Å². The first kappa shape index (κ1) is 13.3. The molecule has 2 aromatic heterocycles. The summed E-state index contributed by atoms with van der Waals surface area (Å²) in [5.41, 5.74) is 1.61. The van der Waals surface area contributed by atoms with E-state index < -0.39 is 5.97 Å².